The van der Waals surface area contributed by atoms with E-state index in [1.165, 1.54) is 4.57 Å². The number of nitrogens with two attached hydrogens (primary N) is 1. The summed E-state index contributed by atoms with van der Waals surface area (Å²) < 4.78 is 1.36. The van der Waals surface area contributed by atoms with Gasteiger partial charge in [0.05, 0.1) is 6.54 Å². The molecule has 0 bridgehead atoms. The highest BCUT2D eigenvalue weighted by Crippen LogP contribution is 2.19. The normalized spacial score (nSPS) is 10.8. The van der Waals surface area contributed by atoms with Gasteiger partial charge in [0.15, 0.2) is 10.8 Å². The lowest BCUT2D eigenvalue weighted by molar-refractivity contribution is 0.647. The molecule has 0 aliphatic rings. The summed E-state index contributed by atoms with van der Waals surface area (Å²) in [4.78, 5) is 29.0. The molecule has 0 amide bonds. The van der Waals surface area contributed by atoms with E-state index in [1.54, 1.807) is 4.90 Å². The summed E-state index contributed by atoms with van der Waals surface area (Å²) in [5.41, 5.74) is 6.32. The van der Waals surface area contributed by atoms with E-state index in [4.69, 9.17) is 18.0 Å². The number of hydrogen-bond donors (Lipinski definition) is 3. The number of rotatable bonds is 7. The van der Waals surface area contributed by atoms with E-state index in [1.807, 2.05) is 51.1 Å². The van der Waals surface area contributed by atoms with E-state index in [0.717, 1.165) is 12.0 Å². The molecular weight excluding hydrogens is 362 g/mol. The summed E-state index contributed by atoms with van der Waals surface area (Å²) >= 11 is 5.49. The van der Waals surface area contributed by atoms with Crippen LogP contribution in [0.2, 0.25) is 0 Å². The van der Waals surface area contributed by atoms with Crippen molar-refractivity contribution in [1.82, 2.24) is 14.9 Å². The highest BCUT2D eigenvalue weighted by atomic mass is 32.1. The largest absolute Gasteiger partial charge is 0.383 e. The molecule has 0 spiro atoms. The highest BCUT2D eigenvalue weighted by molar-refractivity contribution is 7.80. The van der Waals surface area contributed by atoms with Crippen molar-refractivity contribution in [2.45, 2.75) is 33.7 Å². The zero-order valence-electron chi connectivity index (χ0n) is 16.0. The molecule has 0 unspecified atom stereocenters. The van der Waals surface area contributed by atoms with Crippen LogP contribution in [-0.2, 0) is 6.54 Å². The minimum absolute atomic E-state index is 0.105. The smallest absolute Gasteiger partial charge is 0.330 e. The Morgan fingerprint density at radius 1 is 1.30 bits per heavy atom. The van der Waals surface area contributed by atoms with Crippen molar-refractivity contribution >= 4 is 28.8 Å². The van der Waals surface area contributed by atoms with E-state index in [2.05, 4.69) is 10.3 Å². The molecule has 8 heteroatoms. The summed E-state index contributed by atoms with van der Waals surface area (Å²) in [6.45, 7) is 7.55. The van der Waals surface area contributed by atoms with Crippen LogP contribution in [0, 0.1) is 5.92 Å². The minimum atomic E-state index is -0.540. The third-order valence-corrected chi connectivity index (χ3v) is 4.35. The van der Waals surface area contributed by atoms with E-state index < -0.39 is 11.2 Å². The first-order valence-corrected chi connectivity index (χ1v) is 9.47. The monoisotopic (exact) mass is 389 g/mol. The number of thiocarbonyl (C=S) groups is 1. The Labute approximate surface area is 164 Å². The molecular formula is C19H27N5O2S. The Bertz CT molecular complexity index is 889. The third-order valence-electron chi connectivity index (χ3n) is 3.99. The number of nitrogen functional groups attached to an aromatic ring is 1. The predicted molar refractivity (Wildman–Crippen MR) is 114 cm³/mol. The van der Waals surface area contributed by atoms with Gasteiger partial charge in [-0.05, 0) is 30.1 Å². The van der Waals surface area contributed by atoms with Crippen molar-refractivity contribution in [3.05, 3.63) is 56.7 Å². The van der Waals surface area contributed by atoms with Crippen LogP contribution in [-0.4, -0.2) is 27.8 Å². The molecule has 27 heavy (non-hydrogen) atoms. The molecule has 1 heterocycles. The average molecular weight is 390 g/mol. The van der Waals surface area contributed by atoms with Gasteiger partial charge in [0.2, 0.25) is 0 Å². The zero-order chi connectivity index (χ0) is 20.0. The molecule has 7 nitrogen and oxygen atoms in total. The molecule has 4 N–H and O–H groups in total. The van der Waals surface area contributed by atoms with E-state index in [-0.39, 0.29) is 24.0 Å². The standard InChI is InChI=1S/C19H27N5O2S/c1-4-10-21-19(27)23(11-13(2)3)15-16(20)24(18(26)22-17(15)25)12-14-8-6-5-7-9-14/h5-9,13H,4,10-12,20H2,1-3H3,(H,21,27)(H,22,25,26). The van der Waals surface area contributed by atoms with Gasteiger partial charge in [-0.2, -0.15) is 0 Å². The number of nitrogens with one attached hydrogen (secondary N) is 2. The molecule has 2 rings (SSSR count). The zero-order valence-corrected chi connectivity index (χ0v) is 16.8. The molecule has 0 atom stereocenters. The number of anilines is 2. The molecule has 0 aliphatic carbocycles. The van der Waals surface area contributed by atoms with Crippen LogP contribution in [0.15, 0.2) is 39.9 Å². The van der Waals surface area contributed by atoms with E-state index in [0.29, 0.717) is 18.2 Å². The summed E-state index contributed by atoms with van der Waals surface area (Å²) in [6, 6.07) is 9.47. The van der Waals surface area contributed by atoms with Crippen LogP contribution in [0.25, 0.3) is 0 Å². The summed E-state index contributed by atoms with van der Waals surface area (Å²) in [7, 11) is 0. The first-order valence-electron chi connectivity index (χ1n) is 9.07. The number of aromatic nitrogens is 2. The van der Waals surface area contributed by atoms with Crippen molar-refractivity contribution < 1.29 is 0 Å². The molecule has 0 radical (unpaired) electrons. The van der Waals surface area contributed by atoms with E-state index in [9.17, 15) is 9.59 Å². The third kappa shape index (κ3) is 5.19. The fourth-order valence-corrected chi connectivity index (χ4v) is 3.00. The Balaban J connectivity index is 2.52. The van der Waals surface area contributed by atoms with Crippen molar-refractivity contribution in [3.8, 4) is 0 Å². The Kier molecular flexibility index (Phi) is 7.18. The van der Waals surface area contributed by atoms with Crippen molar-refractivity contribution in [2.24, 2.45) is 5.92 Å². The Morgan fingerprint density at radius 3 is 2.56 bits per heavy atom. The van der Waals surface area contributed by atoms with E-state index >= 15 is 0 Å². The van der Waals surface area contributed by atoms with Crippen molar-refractivity contribution in [1.29, 1.82) is 0 Å². The van der Waals surface area contributed by atoms with Crippen LogP contribution in [0.1, 0.15) is 32.8 Å². The average Bonchev–Trinajstić information content (AvgIpc) is 2.62. The molecule has 0 aliphatic heterocycles. The second kappa shape index (κ2) is 9.36. The fourth-order valence-electron chi connectivity index (χ4n) is 2.73. The van der Waals surface area contributed by atoms with Gasteiger partial charge in [-0.1, -0.05) is 51.1 Å². The van der Waals surface area contributed by atoms with Crippen LogP contribution >= 0.6 is 12.2 Å². The lowest BCUT2D eigenvalue weighted by Crippen LogP contribution is -2.47. The van der Waals surface area contributed by atoms with Gasteiger partial charge in [-0.3, -0.25) is 14.3 Å². The van der Waals surface area contributed by atoms with Gasteiger partial charge in [0.25, 0.3) is 5.56 Å². The number of nitrogens with zero attached hydrogens (tertiary/aromatic N) is 2. The summed E-state index contributed by atoms with van der Waals surface area (Å²) in [6.07, 6.45) is 0.898. The van der Waals surface area contributed by atoms with Gasteiger partial charge in [-0.25, -0.2) is 4.79 Å². The maximum absolute atomic E-state index is 12.6. The molecule has 1 aromatic heterocycles. The molecule has 0 saturated heterocycles. The molecule has 146 valence electrons. The lowest BCUT2D eigenvalue weighted by atomic mass is 10.2. The van der Waals surface area contributed by atoms with Crippen molar-refractivity contribution in [2.75, 3.05) is 23.7 Å². The number of hydrogen-bond acceptors (Lipinski definition) is 4. The van der Waals surface area contributed by atoms with Crippen molar-refractivity contribution in [3.63, 3.8) is 0 Å². The SMILES string of the molecule is CCCNC(=S)N(CC(C)C)c1c(N)n(Cc2ccccc2)c(=O)[nH]c1=O. The van der Waals surface area contributed by atoms with Gasteiger partial charge in [-0.15, -0.1) is 0 Å². The second-order valence-corrected chi connectivity index (χ2v) is 7.19. The van der Waals surface area contributed by atoms with Gasteiger partial charge in [0.1, 0.15) is 5.82 Å². The summed E-state index contributed by atoms with van der Waals surface area (Å²) in [5.74, 6) is 0.341. The van der Waals surface area contributed by atoms with Crippen LogP contribution < -0.4 is 27.2 Å². The lowest BCUT2D eigenvalue weighted by Gasteiger charge is -2.28. The maximum Gasteiger partial charge on any atom is 0.330 e. The first-order chi connectivity index (χ1) is 12.8. The quantitative estimate of drug-likeness (QED) is 0.626. The highest BCUT2D eigenvalue weighted by Gasteiger charge is 2.22. The van der Waals surface area contributed by atoms with Gasteiger partial charge >= 0.3 is 5.69 Å². The van der Waals surface area contributed by atoms with Gasteiger partial charge < -0.3 is 16.0 Å². The first kappa shape index (κ1) is 20.7. The Morgan fingerprint density at radius 2 is 1.96 bits per heavy atom. The fraction of sp³-hybridized carbons (Fsp3) is 0.421. The van der Waals surface area contributed by atoms with Crippen LogP contribution in [0.3, 0.4) is 0 Å². The minimum Gasteiger partial charge on any atom is -0.383 e. The number of H-pyrrole nitrogens is 1. The Hall–Kier alpha value is -2.61. The summed E-state index contributed by atoms with van der Waals surface area (Å²) in [5, 5.41) is 3.56. The van der Waals surface area contributed by atoms with Gasteiger partial charge in [0, 0.05) is 13.1 Å². The predicted octanol–water partition coefficient (Wildman–Crippen LogP) is 1.91. The maximum atomic E-state index is 12.6. The molecule has 0 fully saturated rings. The number of benzene rings is 1. The molecule has 1 aromatic carbocycles. The topological polar surface area (TPSA) is 96.2 Å². The molecule has 2 aromatic rings. The van der Waals surface area contributed by atoms with Crippen LogP contribution in [0.5, 0.6) is 0 Å². The second-order valence-electron chi connectivity index (χ2n) is 6.80. The number of aromatic amines is 1. The van der Waals surface area contributed by atoms with Crippen LogP contribution in [0.4, 0.5) is 11.5 Å². The molecule has 0 saturated carbocycles.